The molecule has 2 aliphatic rings. The molecule has 0 unspecified atom stereocenters. The van der Waals surface area contributed by atoms with E-state index < -0.39 is 5.60 Å². The van der Waals surface area contributed by atoms with E-state index in [1.807, 2.05) is 20.8 Å². The second kappa shape index (κ2) is 10.1. The topological polar surface area (TPSA) is 68.8 Å². The molecule has 0 aromatic rings. The van der Waals surface area contributed by atoms with Gasteiger partial charge in [0.1, 0.15) is 5.60 Å². The fourth-order valence-corrected chi connectivity index (χ4v) is 4.67. The molecule has 2 fully saturated rings. The normalized spacial score (nSPS) is 25.2. The molecule has 1 spiro atoms. The summed E-state index contributed by atoms with van der Waals surface area (Å²) in [6.45, 7) is 9.83. The van der Waals surface area contributed by atoms with Crippen LogP contribution in [0.2, 0.25) is 0 Å². The molecule has 2 rings (SSSR count). The maximum atomic E-state index is 11.7. The average Bonchev–Trinajstić information content (AvgIpc) is 3.09. The van der Waals surface area contributed by atoms with Crippen molar-refractivity contribution in [1.82, 2.24) is 10.6 Å². The van der Waals surface area contributed by atoms with Crippen LogP contribution in [0.4, 0.5) is 4.79 Å². The second-order valence-corrected chi connectivity index (χ2v) is 9.06. The van der Waals surface area contributed by atoms with Crippen molar-refractivity contribution in [3.05, 3.63) is 0 Å². The number of nitrogens with one attached hydrogen (secondary N) is 2. The molecule has 0 heterocycles. The molecular formula is C21H40N2O4. The number of hydrogen-bond donors (Lipinski definition) is 2. The third-order valence-electron chi connectivity index (χ3n) is 5.89. The van der Waals surface area contributed by atoms with E-state index in [-0.39, 0.29) is 6.09 Å². The lowest BCUT2D eigenvalue weighted by Crippen LogP contribution is -2.64. The van der Waals surface area contributed by atoms with E-state index in [0.29, 0.717) is 36.8 Å². The summed E-state index contributed by atoms with van der Waals surface area (Å²) in [6, 6.07) is 0.830. The van der Waals surface area contributed by atoms with Crippen molar-refractivity contribution in [3.8, 4) is 0 Å². The summed E-state index contributed by atoms with van der Waals surface area (Å²) in [5, 5.41) is 6.69. The molecule has 1 amide bonds. The average molecular weight is 385 g/mol. The summed E-state index contributed by atoms with van der Waals surface area (Å²) in [7, 11) is 1.75. The van der Waals surface area contributed by atoms with Crippen LogP contribution in [0, 0.1) is 5.41 Å². The molecule has 0 aromatic carbocycles. The van der Waals surface area contributed by atoms with Gasteiger partial charge in [0.2, 0.25) is 0 Å². The largest absolute Gasteiger partial charge is 0.444 e. The van der Waals surface area contributed by atoms with Crippen LogP contribution in [0.25, 0.3) is 0 Å². The Kier molecular flexibility index (Phi) is 8.38. The zero-order valence-electron chi connectivity index (χ0n) is 17.9. The lowest BCUT2D eigenvalue weighted by Gasteiger charge is -2.55. The van der Waals surface area contributed by atoms with Gasteiger partial charge in [0, 0.05) is 37.8 Å². The molecule has 0 saturated heterocycles. The molecule has 0 aliphatic heterocycles. The maximum Gasteiger partial charge on any atom is 0.407 e. The van der Waals surface area contributed by atoms with Crippen LogP contribution >= 0.6 is 0 Å². The third-order valence-corrected chi connectivity index (χ3v) is 5.89. The Balaban J connectivity index is 1.76. The minimum Gasteiger partial charge on any atom is -0.444 e. The van der Waals surface area contributed by atoms with Gasteiger partial charge in [-0.2, -0.15) is 0 Å². The number of rotatable bonds is 10. The molecule has 0 aromatic heterocycles. The third kappa shape index (κ3) is 6.33. The van der Waals surface area contributed by atoms with E-state index in [2.05, 4.69) is 17.6 Å². The predicted octanol–water partition coefficient (Wildman–Crippen LogP) is 3.63. The number of hydrogen-bond acceptors (Lipinski definition) is 5. The summed E-state index contributed by atoms with van der Waals surface area (Å²) < 4.78 is 16.7. The molecule has 6 heteroatoms. The van der Waals surface area contributed by atoms with Crippen LogP contribution in [-0.2, 0) is 14.2 Å². The first-order valence-electron chi connectivity index (χ1n) is 10.6. The number of carbonyl (C=O) groups is 1. The van der Waals surface area contributed by atoms with Gasteiger partial charge in [0.15, 0.2) is 0 Å². The van der Waals surface area contributed by atoms with Crippen LogP contribution in [-0.4, -0.2) is 56.8 Å². The van der Waals surface area contributed by atoms with Gasteiger partial charge < -0.3 is 24.8 Å². The summed E-state index contributed by atoms with van der Waals surface area (Å²) >= 11 is 0. The van der Waals surface area contributed by atoms with Gasteiger partial charge in [-0.1, -0.05) is 12.8 Å². The minimum absolute atomic E-state index is 0.306. The van der Waals surface area contributed by atoms with Crippen molar-refractivity contribution in [1.29, 1.82) is 0 Å². The van der Waals surface area contributed by atoms with Gasteiger partial charge in [0.05, 0.1) is 12.7 Å². The Hall–Kier alpha value is -0.850. The van der Waals surface area contributed by atoms with Gasteiger partial charge in [0.25, 0.3) is 0 Å². The minimum atomic E-state index is -0.457. The summed E-state index contributed by atoms with van der Waals surface area (Å²) in [6.07, 6.45) is 8.22. The Morgan fingerprint density at radius 2 is 1.96 bits per heavy atom. The van der Waals surface area contributed by atoms with Gasteiger partial charge >= 0.3 is 6.09 Å². The monoisotopic (exact) mass is 384 g/mol. The highest BCUT2D eigenvalue weighted by molar-refractivity contribution is 5.67. The molecule has 158 valence electrons. The first-order valence-corrected chi connectivity index (χ1v) is 10.6. The van der Waals surface area contributed by atoms with Crippen molar-refractivity contribution in [3.63, 3.8) is 0 Å². The molecule has 2 N–H and O–H groups in total. The Morgan fingerprint density at radius 1 is 1.26 bits per heavy atom. The highest BCUT2D eigenvalue weighted by atomic mass is 16.6. The summed E-state index contributed by atoms with van der Waals surface area (Å²) in [5.74, 6) is 0. The summed E-state index contributed by atoms with van der Waals surface area (Å²) in [4.78, 5) is 11.7. The highest BCUT2D eigenvalue weighted by Crippen LogP contribution is 2.54. The van der Waals surface area contributed by atoms with Crippen LogP contribution in [0.15, 0.2) is 0 Å². The molecule has 6 nitrogen and oxygen atoms in total. The van der Waals surface area contributed by atoms with Gasteiger partial charge in [-0.05, 0) is 59.8 Å². The number of carbonyl (C=O) groups excluding carboxylic acids is 1. The SMILES string of the molecule is CCO[C@@H]1C[C@H](N[C@@H](CCCNC(=O)OC(C)(C)C)COC)C12CCCC2. The molecular weight excluding hydrogens is 344 g/mol. The maximum absolute atomic E-state index is 11.7. The van der Waals surface area contributed by atoms with E-state index in [0.717, 1.165) is 25.9 Å². The lowest BCUT2D eigenvalue weighted by molar-refractivity contribution is -0.134. The fraction of sp³-hybridized carbons (Fsp3) is 0.952. The van der Waals surface area contributed by atoms with Crippen molar-refractivity contribution in [2.75, 3.05) is 26.9 Å². The van der Waals surface area contributed by atoms with E-state index in [4.69, 9.17) is 14.2 Å². The summed E-state index contributed by atoms with van der Waals surface area (Å²) in [5.41, 5.74) is -0.127. The Labute approximate surface area is 165 Å². The number of methoxy groups -OCH3 is 1. The molecule has 2 aliphatic carbocycles. The van der Waals surface area contributed by atoms with Crippen molar-refractivity contribution < 1.29 is 19.0 Å². The van der Waals surface area contributed by atoms with E-state index in [1.54, 1.807) is 7.11 Å². The highest BCUT2D eigenvalue weighted by Gasteiger charge is 2.56. The molecule has 0 radical (unpaired) electrons. The molecule has 3 atom stereocenters. The van der Waals surface area contributed by atoms with Crippen LogP contribution in [0.5, 0.6) is 0 Å². The van der Waals surface area contributed by atoms with Crippen molar-refractivity contribution in [2.45, 2.75) is 96.4 Å². The van der Waals surface area contributed by atoms with Crippen LogP contribution in [0.3, 0.4) is 0 Å². The standard InChI is InChI=1S/C21H40N2O4/c1-6-26-18-14-17(21(18)11-7-8-12-21)23-16(15-25-5)10-9-13-22-19(24)27-20(2,3)4/h16-18,23H,6-15H2,1-5H3,(H,22,24)/t16-,17-,18+/m0/s1. The van der Waals surface area contributed by atoms with E-state index >= 15 is 0 Å². The van der Waals surface area contributed by atoms with E-state index in [9.17, 15) is 4.79 Å². The zero-order valence-corrected chi connectivity index (χ0v) is 17.9. The zero-order chi connectivity index (χ0) is 19.9. The predicted molar refractivity (Wildman–Crippen MR) is 107 cm³/mol. The van der Waals surface area contributed by atoms with E-state index in [1.165, 1.54) is 25.7 Å². The smallest absolute Gasteiger partial charge is 0.407 e. The quantitative estimate of drug-likeness (QED) is 0.563. The number of alkyl carbamates (subject to hydrolysis) is 1. The van der Waals surface area contributed by atoms with Gasteiger partial charge in [-0.25, -0.2) is 4.79 Å². The van der Waals surface area contributed by atoms with Crippen LogP contribution in [0.1, 0.15) is 72.6 Å². The fourth-order valence-electron chi connectivity index (χ4n) is 4.67. The number of ether oxygens (including phenoxy) is 3. The first-order chi connectivity index (χ1) is 12.8. The Morgan fingerprint density at radius 3 is 2.56 bits per heavy atom. The molecule has 0 bridgehead atoms. The molecule has 2 saturated carbocycles. The van der Waals surface area contributed by atoms with Crippen LogP contribution < -0.4 is 10.6 Å². The Bertz CT molecular complexity index is 458. The lowest BCUT2D eigenvalue weighted by atomic mass is 9.60. The van der Waals surface area contributed by atoms with Gasteiger partial charge in [-0.3, -0.25) is 0 Å². The first kappa shape index (κ1) is 22.4. The van der Waals surface area contributed by atoms with Crippen molar-refractivity contribution in [2.24, 2.45) is 5.41 Å². The number of amides is 1. The molecule has 27 heavy (non-hydrogen) atoms. The van der Waals surface area contributed by atoms with Gasteiger partial charge in [-0.15, -0.1) is 0 Å². The van der Waals surface area contributed by atoms with Crippen molar-refractivity contribution >= 4 is 6.09 Å². The second-order valence-electron chi connectivity index (χ2n) is 9.06.